The molecule has 13 heteroatoms. The summed E-state index contributed by atoms with van der Waals surface area (Å²) in [5.41, 5.74) is 3.75. The lowest BCUT2D eigenvalue weighted by Crippen LogP contribution is -2.38. The number of amides is 3. The molecule has 1 fully saturated rings. The van der Waals surface area contributed by atoms with E-state index >= 15 is 0 Å². The van der Waals surface area contributed by atoms with E-state index in [0.29, 0.717) is 66.7 Å². The molecule has 2 aromatic carbocycles. The molecule has 3 aromatic rings. The summed E-state index contributed by atoms with van der Waals surface area (Å²) >= 11 is 5.98. The highest BCUT2D eigenvalue weighted by atomic mass is 35.5. The summed E-state index contributed by atoms with van der Waals surface area (Å²) in [6.45, 7) is 5.26. The first-order valence-electron chi connectivity index (χ1n) is 16.0. The zero-order valence-corrected chi connectivity index (χ0v) is 27.4. The van der Waals surface area contributed by atoms with Crippen molar-refractivity contribution < 1.29 is 28.2 Å². The van der Waals surface area contributed by atoms with Crippen molar-refractivity contribution in [2.45, 2.75) is 45.6 Å². The molecule has 0 saturated carbocycles. The van der Waals surface area contributed by atoms with Gasteiger partial charge in [0.25, 0.3) is 5.91 Å². The van der Waals surface area contributed by atoms with Crippen LogP contribution in [0.1, 0.15) is 56.8 Å². The fraction of sp³-hybridized carbons (Fsp3) is 0.371. The molecule has 3 aliphatic heterocycles. The van der Waals surface area contributed by atoms with E-state index in [1.807, 2.05) is 25.1 Å². The SMILES string of the molecule is CC1C(C(=O)N[C@H]2CCC[C@@H](C)C(=O)Nc3cc(NC(=O)OCCC4COC4)ccc3-c3ccnc2c3)=NN=C1c1cccc(Cl)c1F. The van der Waals surface area contributed by atoms with Gasteiger partial charge in [-0.2, -0.15) is 5.10 Å². The zero-order valence-electron chi connectivity index (χ0n) is 26.6. The minimum atomic E-state index is -0.613. The van der Waals surface area contributed by atoms with Crippen LogP contribution in [0.15, 0.2) is 64.9 Å². The Kier molecular flexibility index (Phi) is 10.1. The molecule has 6 rings (SSSR count). The number of fused-ring (bicyclic) bond motifs is 4. The number of carbonyl (C=O) groups excluding carboxylic acids is 3. The Labute approximate surface area is 282 Å². The summed E-state index contributed by atoms with van der Waals surface area (Å²) < 4.78 is 25.3. The molecule has 3 amide bonds. The molecule has 3 aliphatic rings. The summed E-state index contributed by atoms with van der Waals surface area (Å²) in [6, 6.07) is 13.1. The molecule has 3 N–H and O–H groups in total. The summed E-state index contributed by atoms with van der Waals surface area (Å²) in [4.78, 5) is 43.9. The van der Waals surface area contributed by atoms with Gasteiger partial charge in [-0.15, -0.1) is 5.10 Å². The average molecular weight is 675 g/mol. The fourth-order valence-corrected chi connectivity index (χ4v) is 6.06. The Bertz CT molecular complexity index is 1790. The molecule has 250 valence electrons. The number of pyridine rings is 1. The second kappa shape index (κ2) is 14.6. The number of anilines is 2. The smallest absolute Gasteiger partial charge is 0.411 e. The molecular weight excluding hydrogens is 639 g/mol. The van der Waals surface area contributed by atoms with Crippen LogP contribution < -0.4 is 16.0 Å². The highest BCUT2D eigenvalue weighted by Gasteiger charge is 2.33. The Balaban J connectivity index is 1.21. The maximum absolute atomic E-state index is 14.8. The van der Waals surface area contributed by atoms with Gasteiger partial charge in [-0.25, -0.2) is 9.18 Å². The third kappa shape index (κ3) is 7.39. The van der Waals surface area contributed by atoms with E-state index in [1.54, 1.807) is 37.4 Å². The van der Waals surface area contributed by atoms with Gasteiger partial charge in [0.2, 0.25) is 5.91 Å². The standard InChI is InChI=1S/C35H36ClFN6O5/c1-19-5-3-8-27(40-34(45)32-20(2)31(42-43-32)25-6-4-7-26(36)30(25)37)29-15-22(11-13-38-29)24-10-9-23(16-28(24)41-33(19)44)39-35(46)48-14-12-21-17-47-18-21/h4,6-7,9-11,13,15-16,19-21,27H,3,5,8,12,14,17-18H2,1-2H3,(H,39,46)(H,40,45)(H,41,44)/t19-,20?,27+/m1/s1. The topological polar surface area (TPSA) is 143 Å². The highest BCUT2D eigenvalue weighted by Crippen LogP contribution is 2.34. The Hall–Kier alpha value is -4.68. The van der Waals surface area contributed by atoms with Crippen molar-refractivity contribution in [1.29, 1.82) is 0 Å². The average Bonchev–Trinajstić information content (AvgIpc) is 3.43. The molecule has 3 atom stereocenters. The summed E-state index contributed by atoms with van der Waals surface area (Å²) in [5, 5.41) is 17.1. The third-order valence-corrected chi connectivity index (χ3v) is 9.16. The van der Waals surface area contributed by atoms with Crippen LogP contribution in [-0.4, -0.2) is 54.1 Å². The number of nitrogens with zero attached hydrogens (tertiary/aromatic N) is 3. The lowest BCUT2D eigenvalue weighted by molar-refractivity contribution is -0.119. The zero-order chi connectivity index (χ0) is 33.8. The predicted molar refractivity (Wildman–Crippen MR) is 181 cm³/mol. The Morgan fingerprint density at radius 1 is 1.08 bits per heavy atom. The number of nitrogens with one attached hydrogen (secondary N) is 3. The first kappa shape index (κ1) is 33.2. The molecule has 1 aromatic heterocycles. The molecule has 2 bridgehead atoms. The Morgan fingerprint density at radius 2 is 1.92 bits per heavy atom. The van der Waals surface area contributed by atoms with E-state index in [2.05, 4.69) is 31.1 Å². The molecule has 48 heavy (non-hydrogen) atoms. The monoisotopic (exact) mass is 674 g/mol. The quantitative estimate of drug-likeness (QED) is 0.260. The van der Waals surface area contributed by atoms with Crippen LogP contribution in [-0.2, 0) is 19.1 Å². The highest BCUT2D eigenvalue weighted by molar-refractivity contribution is 6.45. The molecule has 4 heterocycles. The number of halogens is 2. The van der Waals surface area contributed by atoms with Gasteiger partial charge in [0.1, 0.15) is 5.71 Å². The molecule has 1 saturated heterocycles. The molecule has 0 radical (unpaired) electrons. The molecule has 0 aliphatic carbocycles. The van der Waals surface area contributed by atoms with Gasteiger partial charge in [-0.3, -0.25) is 19.9 Å². The maximum Gasteiger partial charge on any atom is 0.411 e. The molecule has 11 nitrogen and oxygen atoms in total. The molecule has 1 unspecified atom stereocenters. The van der Waals surface area contributed by atoms with Crippen molar-refractivity contribution in [2.75, 3.05) is 30.5 Å². The number of benzene rings is 2. The lowest BCUT2D eigenvalue weighted by atomic mass is 9.93. The predicted octanol–water partition coefficient (Wildman–Crippen LogP) is 6.54. The number of rotatable bonds is 7. The van der Waals surface area contributed by atoms with E-state index < -0.39 is 29.8 Å². The summed E-state index contributed by atoms with van der Waals surface area (Å²) in [6.07, 6.45) is 3.51. The second-order valence-electron chi connectivity index (χ2n) is 12.3. The number of ether oxygens (including phenoxy) is 2. The normalized spacial score (nSPS) is 20.9. The van der Waals surface area contributed by atoms with Crippen LogP contribution in [0, 0.1) is 23.6 Å². The number of carbonyl (C=O) groups is 3. The van der Waals surface area contributed by atoms with E-state index in [0.717, 1.165) is 12.0 Å². The van der Waals surface area contributed by atoms with Crippen LogP contribution in [0.3, 0.4) is 0 Å². The second-order valence-corrected chi connectivity index (χ2v) is 12.7. The van der Waals surface area contributed by atoms with Crippen LogP contribution >= 0.6 is 11.6 Å². The maximum atomic E-state index is 14.8. The van der Waals surface area contributed by atoms with Gasteiger partial charge >= 0.3 is 6.09 Å². The van der Waals surface area contributed by atoms with Crippen molar-refractivity contribution in [3.05, 3.63) is 76.8 Å². The number of hydrogen-bond acceptors (Lipinski definition) is 8. The minimum absolute atomic E-state index is 0.0374. The molecular formula is C35H36ClFN6O5. The summed E-state index contributed by atoms with van der Waals surface area (Å²) in [5.74, 6) is -1.71. The van der Waals surface area contributed by atoms with Crippen molar-refractivity contribution >= 4 is 52.3 Å². The van der Waals surface area contributed by atoms with Gasteiger partial charge in [0, 0.05) is 34.8 Å². The van der Waals surface area contributed by atoms with Gasteiger partial charge in [0.05, 0.1) is 53.9 Å². The van der Waals surface area contributed by atoms with Gasteiger partial charge in [0.15, 0.2) is 5.82 Å². The van der Waals surface area contributed by atoms with Crippen molar-refractivity contribution in [3.8, 4) is 11.1 Å². The van der Waals surface area contributed by atoms with Crippen LogP contribution in [0.25, 0.3) is 11.1 Å². The van der Waals surface area contributed by atoms with Gasteiger partial charge < -0.3 is 20.1 Å². The van der Waals surface area contributed by atoms with E-state index in [4.69, 9.17) is 21.1 Å². The first-order valence-corrected chi connectivity index (χ1v) is 16.4. The largest absolute Gasteiger partial charge is 0.449 e. The van der Waals surface area contributed by atoms with Crippen LogP contribution in [0.2, 0.25) is 5.02 Å². The van der Waals surface area contributed by atoms with Gasteiger partial charge in [-0.05, 0) is 61.2 Å². The minimum Gasteiger partial charge on any atom is -0.449 e. The van der Waals surface area contributed by atoms with Crippen molar-refractivity contribution in [2.24, 2.45) is 28.0 Å². The van der Waals surface area contributed by atoms with Crippen molar-refractivity contribution in [1.82, 2.24) is 10.3 Å². The lowest BCUT2D eigenvalue weighted by Gasteiger charge is -2.25. The fourth-order valence-electron chi connectivity index (χ4n) is 5.89. The van der Waals surface area contributed by atoms with E-state index in [9.17, 15) is 18.8 Å². The molecule has 0 spiro atoms. The van der Waals surface area contributed by atoms with Crippen molar-refractivity contribution in [3.63, 3.8) is 0 Å². The summed E-state index contributed by atoms with van der Waals surface area (Å²) in [7, 11) is 0. The number of hydrogen-bond donors (Lipinski definition) is 3. The van der Waals surface area contributed by atoms with Crippen LogP contribution in [0.5, 0.6) is 0 Å². The van der Waals surface area contributed by atoms with E-state index in [-0.39, 0.29) is 34.7 Å². The number of aromatic nitrogens is 1. The Morgan fingerprint density at radius 3 is 2.71 bits per heavy atom. The van der Waals surface area contributed by atoms with Crippen LogP contribution in [0.4, 0.5) is 20.6 Å². The van der Waals surface area contributed by atoms with E-state index in [1.165, 1.54) is 6.07 Å². The van der Waals surface area contributed by atoms with Gasteiger partial charge in [-0.1, -0.05) is 44.0 Å². The third-order valence-electron chi connectivity index (χ3n) is 8.87. The first-order chi connectivity index (χ1) is 23.2.